The summed E-state index contributed by atoms with van der Waals surface area (Å²) in [6.07, 6.45) is 0. The van der Waals surface area contributed by atoms with Crippen molar-refractivity contribution in [3.8, 4) is 5.75 Å². The molecule has 0 aromatic heterocycles. The van der Waals surface area contributed by atoms with Crippen LogP contribution in [0.1, 0.15) is 0 Å². The van der Waals surface area contributed by atoms with E-state index in [2.05, 4.69) is 10.2 Å². The number of benzene rings is 2. The molecule has 0 bridgehead atoms. The molecule has 29 heavy (non-hydrogen) atoms. The number of hydrogen-bond donors (Lipinski definition) is 1. The van der Waals surface area contributed by atoms with Crippen LogP contribution in [-0.4, -0.2) is 51.4 Å². The maximum atomic E-state index is 12.0. The maximum Gasteiger partial charge on any atom is 0.344 e. The third-order valence-corrected chi connectivity index (χ3v) is 4.66. The zero-order valence-corrected chi connectivity index (χ0v) is 17.0. The molecule has 0 spiro atoms. The molecule has 3 rings (SSSR count). The standard InChI is InChI=1S/C20H20Cl2N2O5/c21-14-1-6-18(17(22)11-14)28-13-20(26)29-12-19(25)23-15-2-4-16(5-3-15)24-7-9-27-10-8-24/h1-6,11H,7-10,12-13H2,(H,23,25). The van der Waals surface area contributed by atoms with Crippen LogP contribution in [0.3, 0.4) is 0 Å². The number of anilines is 2. The monoisotopic (exact) mass is 438 g/mol. The molecule has 1 N–H and O–H groups in total. The van der Waals surface area contributed by atoms with Gasteiger partial charge in [0.1, 0.15) is 5.75 Å². The average Bonchev–Trinajstić information content (AvgIpc) is 2.73. The molecule has 154 valence electrons. The first kappa shape index (κ1) is 21.2. The predicted octanol–water partition coefficient (Wildman–Crippen LogP) is 3.39. The van der Waals surface area contributed by atoms with Crippen LogP contribution in [-0.2, 0) is 19.1 Å². The van der Waals surface area contributed by atoms with Crippen LogP contribution in [0.25, 0.3) is 0 Å². The second-order valence-electron chi connectivity index (χ2n) is 6.22. The summed E-state index contributed by atoms with van der Waals surface area (Å²) in [5, 5.41) is 3.42. The van der Waals surface area contributed by atoms with Crippen molar-refractivity contribution in [3.63, 3.8) is 0 Å². The lowest BCUT2D eigenvalue weighted by molar-refractivity contribution is -0.149. The summed E-state index contributed by atoms with van der Waals surface area (Å²) < 4.78 is 15.5. The quantitative estimate of drug-likeness (QED) is 0.667. The molecule has 0 radical (unpaired) electrons. The highest BCUT2D eigenvalue weighted by molar-refractivity contribution is 6.35. The first-order valence-electron chi connectivity index (χ1n) is 8.97. The van der Waals surface area contributed by atoms with E-state index < -0.39 is 18.5 Å². The number of esters is 1. The molecule has 2 aromatic rings. The normalized spacial score (nSPS) is 13.7. The Balaban J connectivity index is 1.40. The van der Waals surface area contributed by atoms with Gasteiger partial charge in [0.05, 0.1) is 18.2 Å². The second kappa shape index (κ2) is 10.3. The molecule has 9 heteroatoms. The van der Waals surface area contributed by atoms with Crippen molar-refractivity contribution < 1.29 is 23.8 Å². The minimum atomic E-state index is -0.686. The summed E-state index contributed by atoms with van der Waals surface area (Å²) >= 11 is 11.8. The SMILES string of the molecule is O=C(COC(=O)COc1ccc(Cl)cc1Cl)Nc1ccc(N2CCOCC2)cc1. The van der Waals surface area contributed by atoms with E-state index in [4.69, 9.17) is 37.4 Å². The van der Waals surface area contributed by atoms with Gasteiger partial charge in [0.15, 0.2) is 13.2 Å². The molecule has 0 unspecified atom stereocenters. The van der Waals surface area contributed by atoms with Crippen molar-refractivity contribution in [1.29, 1.82) is 0 Å². The molecule has 1 saturated heterocycles. The number of rotatable bonds is 7. The molecule has 1 aliphatic rings. The van der Waals surface area contributed by atoms with Gasteiger partial charge in [-0.1, -0.05) is 23.2 Å². The topological polar surface area (TPSA) is 77.1 Å². The maximum absolute atomic E-state index is 12.0. The Morgan fingerprint density at radius 1 is 1.03 bits per heavy atom. The van der Waals surface area contributed by atoms with Crippen molar-refractivity contribution in [2.24, 2.45) is 0 Å². The molecular weight excluding hydrogens is 419 g/mol. The van der Waals surface area contributed by atoms with Gasteiger partial charge in [-0.15, -0.1) is 0 Å². The molecule has 1 aliphatic heterocycles. The number of nitrogens with zero attached hydrogens (tertiary/aromatic N) is 1. The van der Waals surface area contributed by atoms with Gasteiger partial charge >= 0.3 is 5.97 Å². The van der Waals surface area contributed by atoms with E-state index in [0.717, 1.165) is 18.8 Å². The Morgan fingerprint density at radius 2 is 1.76 bits per heavy atom. The molecule has 1 heterocycles. The van der Waals surface area contributed by atoms with Crippen LogP contribution in [0.5, 0.6) is 5.75 Å². The van der Waals surface area contributed by atoms with Crippen LogP contribution < -0.4 is 15.0 Å². The summed E-state index contributed by atoms with van der Waals surface area (Å²) in [5.74, 6) is -0.825. The number of carbonyl (C=O) groups is 2. The summed E-state index contributed by atoms with van der Waals surface area (Å²) in [4.78, 5) is 25.9. The van der Waals surface area contributed by atoms with Crippen LogP contribution in [0.2, 0.25) is 10.0 Å². The Kier molecular flexibility index (Phi) is 7.57. The number of morpholine rings is 1. The molecule has 2 aromatic carbocycles. The highest BCUT2D eigenvalue weighted by Crippen LogP contribution is 2.27. The number of nitrogens with one attached hydrogen (secondary N) is 1. The summed E-state index contributed by atoms with van der Waals surface area (Å²) in [6.45, 7) is 2.30. The van der Waals surface area contributed by atoms with Crippen LogP contribution in [0.4, 0.5) is 11.4 Å². The Bertz CT molecular complexity index is 854. The van der Waals surface area contributed by atoms with E-state index in [-0.39, 0.29) is 11.6 Å². The zero-order valence-electron chi connectivity index (χ0n) is 15.5. The Hall–Kier alpha value is -2.48. The van der Waals surface area contributed by atoms with Gasteiger partial charge < -0.3 is 24.4 Å². The van der Waals surface area contributed by atoms with Crippen molar-refractivity contribution in [2.75, 3.05) is 49.7 Å². The number of carbonyl (C=O) groups excluding carboxylic acids is 2. The van der Waals surface area contributed by atoms with Gasteiger partial charge in [0.25, 0.3) is 5.91 Å². The first-order chi connectivity index (χ1) is 14.0. The van der Waals surface area contributed by atoms with Gasteiger partial charge in [0.2, 0.25) is 0 Å². The van der Waals surface area contributed by atoms with Gasteiger partial charge in [-0.05, 0) is 42.5 Å². The summed E-state index contributed by atoms with van der Waals surface area (Å²) in [7, 11) is 0. The zero-order chi connectivity index (χ0) is 20.6. The summed E-state index contributed by atoms with van der Waals surface area (Å²) in [5.41, 5.74) is 1.68. The number of amides is 1. The molecule has 1 amide bonds. The average molecular weight is 439 g/mol. The lowest BCUT2D eigenvalue weighted by Crippen LogP contribution is -2.36. The minimum Gasteiger partial charge on any atom is -0.480 e. The number of halogens is 2. The van der Waals surface area contributed by atoms with Crippen LogP contribution in [0, 0.1) is 0 Å². The first-order valence-corrected chi connectivity index (χ1v) is 9.73. The summed E-state index contributed by atoms with van der Waals surface area (Å²) in [6, 6.07) is 12.1. The molecule has 0 atom stereocenters. The van der Waals surface area contributed by atoms with E-state index in [1.807, 2.05) is 12.1 Å². The van der Waals surface area contributed by atoms with Crippen LogP contribution in [0.15, 0.2) is 42.5 Å². The van der Waals surface area contributed by atoms with Gasteiger partial charge in [-0.25, -0.2) is 4.79 Å². The van der Waals surface area contributed by atoms with Crippen LogP contribution >= 0.6 is 23.2 Å². The van der Waals surface area contributed by atoms with E-state index in [0.29, 0.717) is 29.7 Å². The molecular formula is C20H20Cl2N2O5. The van der Waals surface area contributed by atoms with Crippen molar-refractivity contribution in [1.82, 2.24) is 0 Å². The highest BCUT2D eigenvalue weighted by Gasteiger charge is 2.12. The van der Waals surface area contributed by atoms with E-state index in [1.165, 1.54) is 6.07 Å². The largest absolute Gasteiger partial charge is 0.480 e. The predicted molar refractivity (Wildman–Crippen MR) is 111 cm³/mol. The van der Waals surface area contributed by atoms with Gasteiger partial charge in [0, 0.05) is 29.5 Å². The third kappa shape index (κ3) is 6.52. The highest BCUT2D eigenvalue weighted by atomic mass is 35.5. The number of ether oxygens (including phenoxy) is 3. The molecule has 0 aliphatic carbocycles. The fourth-order valence-corrected chi connectivity index (χ4v) is 3.15. The fourth-order valence-electron chi connectivity index (χ4n) is 2.69. The van der Waals surface area contributed by atoms with Gasteiger partial charge in [-0.2, -0.15) is 0 Å². The lowest BCUT2D eigenvalue weighted by Gasteiger charge is -2.28. The third-order valence-electron chi connectivity index (χ3n) is 4.13. The van der Waals surface area contributed by atoms with Gasteiger partial charge in [-0.3, -0.25) is 4.79 Å². The molecule has 1 fully saturated rings. The van der Waals surface area contributed by atoms with Crippen molar-refractivity contribution in [2.45, 2.75) is 0 Å². The smallest absolute Gasteiger partial charge is 0.344 e. The fraction of sp³-hybridized carbons (Fsp3) is 0.300. The van der Waals surface area contributed by atoms with Crippen molar-refractivity contribution in [3.05, 3.63) is 52.5 Å². The molecule has 0 saturated carbocycles. The second-order valence-corrected chi connectivity index (χ2v) is 7.06. The molecule has 7 nitrogen and oxygen atoms in total. The Labute approximate surface area is 178 Å². The van der Waals surface area contributed by atoms with E-state index in [1.54, 1.807) is 24.3 Å². The van der Waals surface area contributed by atoms with E-state index >= 15 is 0 Å². The Morgan fingerprint density at radius 3 is 2.45 bits per heavy atom. The van der Waals surface area contributed by atoms with E-state index in [9.17, 15) is 9.59 Å². The number of hydrogen-bond acceptors (Lipinski definition) is 6. The van der Waals surface area contributed by atoms with Crippen molar-refractivity contribution >= 4 is 46.5 Å². The minimum absolute atomic E-state index is 0.281. The lowest BCUT2D eigenvalue weighted by atomic mass is 10.2.